The molecule has 1 aliphatic rings. The molecule has 1 saturated carbocycles. The molecule has 0 heterocycles. The summed E-state index contributed by atoms with van der Waals surface area (Å²) in [5.74, 6) is 1.69. The zero-order chi connectivity index (χ0) is 11.4. The fourth-order valence-electron chi connectivity index (χ4n) is 1.75. The molecular formula is C13H18ClNO. The van der Waals surface area contributed by atoms with Crippen molar-refractivity contribution >= 4 is 11.6 Å². The van der Waals surface area contributed by atoms with Gasteiger partial charge in [-0.1, -0.05) is 12.1 Å². The Kier molecular flexibility index (Phi) is 3.72. The van der Waals surface area contributed by atoms with Crippen molar-refractivity contribution in [3.63, 3.8) is 0 Å². The molecule has 1 aliphatic carbocycles. The third-order valence-corrected chi connectivity index (χ3v) is 3.80. The molecule has 0 atom stereocenters. The van der Waals surface area contributed by atoms with Crippen LogP contribution in [-0.2, 0) is 6.54 Å². The Morgan fingerprint density at radius 3 is 2.50 bits per heavy atom. The molecule has 2 nitrogen and oxygen atoms in total. The highest BCUT2D eigenvalue weighted by molar-refractivity contribution is 6.18. The van der Waals surface area contributed by atoms with Gasteiger partial charge in [0.05, 0.1) is 7.11 Å². The van der Waals surface area contributed by atoms with Gasteiger partial charge in [-0.15, -0.1) is 11.6 Å². The molecule has 3 heteroatoms. The molecule has 2 rings (SSSR count). The number of methoxy groups -OCH3 is 1. The molecule has 1 aromatic rings. The monoisotopic (exact) mass is 239 g/mol. The van der Waals surface area contributed by atoms with Gasteiger partial charge in [-0.05, 0) is 36.0 Å². The number of rotatable bonds is 6. The maximum absolute atomic E-state index is 5.92. The fraction of sp³-hybridized carbons (Fsp3) is 0.538. The van der Waals surface area contributed by atoms with Gasteiger partial charge in [0.25, 0.3) is 0 Å². The number of halogens is 1. The number of hydrogen-bond donors (Lipinski definition) is 1. The van der Waals surface area contributed by atoms with Gasteiger partial charge in [0.15, 0.2) is 0 Å². The van der Waals surface area contributed by atoms with Crippen LogP contribution < -0.4 is 10.1 Å². The minimum Gasteiger partial charge on any atom is -0.497 e. The van der Waals surface area contributed by atoms with Crippen molar-refractivity contribution < 1.29 is 4.74 Å². The first kappa shape index (κ1) is 11.7. The topological polar surface area (TPSA) is 21.3 Å². The molecule has 1 fully saturated rings. The Morgan fingerprint density at radius 1 is 1.31 bits per heavy atom. The van der Waals surface area contributed by atoms with Crippen LogP contribution in [0.3, 0.4) is 0 Å². The second-order valence-corrected chi connectivity index (χ2v) is 4.85. The summed E-state index contributed by atoms with van der Waals surface area (Å²) in [6.07, 6.45) is 2.54. The average molecular weight is 240 g/mol. The predicted molar refractivity (Wildman–Crippen MR) is 67.1 cm³/mol. The van der Waals surface area contributed by atoms with Crippen LogP contribution in [-0.4, -0.2) is 19.5 Å². The summed E-state index contributed by atoms with van der Waals surface area (Å²) in [5.41, 5.74) is 1.68. The Balaban J connectivity index is 1.76. The molecular weight excluding hydrogens is 222 g/mol. The SMILES string of the molecule is COc1ccc(CNCC2(CCl)CC2)cc1. The largest absolute Gasteiger partial charge is 0.497 e. The van der Waals surface area contributed by atoms with Crippen LogP contribution >= 0.6 is 11.6 Å². The lowest BCUT2D eigenvalue weighted by molar-refractivity contribution is 0.414. The molecule has 1 N–H and O–H groups in total. The van der Waals surface area contributed by atoms with Gasteiger partial charge >= 0.3 is 0 Å². The molecule has 0 saturated heterocycles. The van der Waals surface area contributed by atoms with E-state index in [1.54, 1.807) is 7.11 Å². The summed E-state index contributed by atoms with van der Waals surface area (Å²) < 4.78 is 5.12. The molecule has 0 radical (unpaired) electrons. The summed E-state index contributed by atoms with van der Waals surface area (Å²) in [6.45, 7) is 1.94. The lowest BCUT2D eigenvalue weighted by Crippen LogP contribution is -2.24. The summed E-state index contributed by atoms with van der Waals surface area (Å²) in [7, 11) is 1.69. The van der Waals surface area contributed by atoms with E-state index in [0.717, 1.165) is 24.7 Å². The van der Waals surface area contributed by atoms with Crippen LogP contribution in [0.5, 0.6) is 5.75 Å². The zero-order valence-electron chi connectivity index (χ0n) is 9.63. The van der Waals surface area contributed by atoms with E-state index in [2.05, 4.69) is 17.4 Å². The highest BCUT2D eigenvalue weighted by Gasteiger charge is 2.40. The van der Waals surface area contributed by atoms with Crippen molar-refractivity contribution in [2.24, 2.45) is 5.41 Å². The van der Waals surface area contributed by atoms with Crippen LogP contribution in [0.15, 0.2) is 24.3 Å². The minimum absolute atomic E-state index is 0.397. The van der Waals surface area contributed by atoms with Crippen LogP contribution in [0.1, 0.15) is 18.4 Å². The van der Waals surface area contributed by atoms with Gasteiger partial charge < -0.3 is 10.1 Å². The van der Waals surface area contributed by atoms with E-state index in [1.165, 1.54) is 18.4 Å². The third-order valence-electron chi connectivity index (χ3n) is 3.23. The van der Waals surface area contributed by atoms with Gasteiger partial charge in [-0.3, -0.25) is 0 Å². The molecule has 0 spiro atoms. The van der Waals surface area contributed by atoms with E-state index in [9.17, 15) is 0 Å². The van der Waals surface area contributed by atoms with E-state index < -0.39 is 0 Å². The number of hydrogen-bond acceptors (Lipinski definition) is 2. The summed E-state index contributed by atoms with van der Waals surface area (Å²) in [5, 5.41) is 3.47. The van der Waals surface area contributed by atoms with Crippen molar-refractivity contribution in [1.82, 2.24) is 5.32 Å². The summed E-state index contributed by atoms with van der Waals surface area (Å²) >= 11 is 5.92. The first-order chi connectivity index (χ1) is 7.78. The van der Waals surface area contributed by atoms with Gasteiger partial charge in [0.2, 0.25) is 0 Å². The number of alkyl halides is 1. The van der Waals surface area contributed by atoms with E-state index in [-0.39, 0.29) is 0 Å². The molecule has 0 aromatic heterocycles. The molecule has 88 valence electrons. The van der Waals surface area contributed by atoms with Crippen molar-refractivity contribution in [1.29, 1.82) is 0 Å². The average Bonchev–Trinajstić information content (AvgIpc) is 3.11. The normalized spacial score (nSPS) is 17.1. The zero-order valence-corrected chi connectivity index (χ0v) is 10.4. The van der Waals surface area contributed by atoms with E-state index in [0.29, 0.717) is 5.41 Å². The number of ether oxygens (including phenoxy) is 1. The number of benzene rings is 1. The van der Waals surface area contributed by atoms with E-state index >= 15 is 0 Å². The van der Waals surface area contributed by atoms with Crippen molar-refractivity contribution in [3.05, 3.63) is 29.8 Å². The van der Waals surface area contributed by atoms with Crippen LogP contribution in [0.4, 0.5) is 0 Å². The third kappa shape index (κ3) is 2.89. The molecule has 1 aromatic carbocycles. The minimum atomic E-state index is 0.397. The van der Waals surface area contributed by atoms with E-state index in [4.69, 9.17) is 16.3 Å². The van der Waals surface area contributed by atoms with Gasteiger partial charge in [-0.25, -0.2) is 0 Å². The second kappa shape index (κ2) is 5.07. The van der Waals surface area contributed by atoms with Crippen LogP contribution in [0.2, 0.25) is 0 Å². The van der Waals surface area contributed by atoms with Gasteiger partial charge in [-0.2, -0.15) is 0 Å². The molecule has 0 amide bonds. The molecule has 0 unspecified atom stereocenters. The Bertz CT molecular complexity index is 332. The molecule has 0 aliphatic heterocycles. The highest BCUT2D eigenvalue weighted by atomic mass is 35.5. The number of nitrogens with one attached hydrogen (secondary N) is 1. The lowest BCUT2D eigenvalue weighted by atomic mass is 10.1. The Labute approximate surface area is 102 Å². The quantitative estimate of drug-likeness (QED) is 0.771. The van der Waals surface area contributed by atoms with Gasteiger partial charge in [0.1, 0.15) is 5.75 Å². The first-order valence-electron chi connectivity index (χ1n) is 5.68. The standard InChI is InChI=1S/C13H18ClNO/c1-16-12-4-2-11(3-5-12)8-15-10-13(9-14)6-7-13/h2-5,15H,6-10H2,1H3. The lowest BCUT2D eigenvalue weighted by Gasteiger charge is -2.12. The van der Waals surface area contributed by atoms with Crippen molar-refractivity contribution in [3.8, 4) is 5.75 Å². The van der Waals surface area contributed by atoms with Crippen molar-refractivity contribution in [2.45, 2.75) is 19.4 Å². The van der Waals surface area contributed by atoms with Crippen LogP contribution in [0.25, 0.3) is 0 Å². The van der Waals surface area contributed by atoms with E-state index in [1.807, 2.05) is 12.1 Å². The second-order valence-electron chi connectivity index (χ2n) is 4.59. The fourth-order valence-corrected chi connectivity index (χ4v) is 2.11. The molecule has 0 bridgehead atoms. The molecule has 16 heavy (non-hydrogen) atoms. The van der Waals surface area contributed by atoms with Gasteiger partial charge in [0, 0.05) is 19.0 Å². The maximum Gasteiger partial charge on any atom is 0.118 e. The Hall–Kier alpha value is -0.730. The first-order valence-corrected chi connectivity index (χ1v) is 6.21. The smallest absolute Gasteiger partial charge is 0.118 e. The highest BCUT2D eigenvalue weighted by Crippen LogP contribution is 2.45. The maximum atomic E-state index is 5.92. The van der Waals surface area contributed by atoms with Crippen LogP contribution in [0, 0.1) is 5.41 Å². The summed E-state index contributed by atoms with van der Waals surface area (Å²) in [6, 6.07) is 8.16. The summed E-state index contributed by atoms with van der Waals surface area (Å²) in [4.78, 5) is 0. The predicted octanol–water partition coefficient (Wildman–Crippen LogP) is 2.80. The van der Waals surface area contributed by atoms with Crippen molar-refractivity contribution in [2.75, 3.05) is 19.5 Å². The Morgan fingerprint density at radius 2 is 2.00 bits per heavy atom.